The van der Waals surface area contributed by atoms with E-state index in [0.717, 1.165) is 17.4 Å². The Bertz CT molecular complexity index is 328. The molecule has 0 unspecified atom stereocenters. The molecule has 1 aromatic rings. The Hall–Kier alpha value is -0.870. The molecule has 0 atom stereocenters. The van der Waals surface area contributed by atoms with Crippen LogP contribution in [0.5, 0.6) is 0 Å². The lowest BCUT2D eigenvalue weighted by molar-refractivity contribution is -0.139. The zero-order valence-electron chi connectivity index (χ0n) is 8.63. The van der Waals surface area contributed by atoms with Crippen molar-refractivity contribution in [3.8, 4) is 0 Å². The van der Waals surface area contributed by atoms with Crippen LogP contribution in [0.15, 0.2) is 28.7 Å². The molecule has 0 aliphatic carbocycles. The standard InChI is InChI=1S/C11H14BrNO2/c1-15-11(14)8-13-6-5-9-3-2-4-10(12)7-9/h2-4,7,13H,5-6,8H2,1H3. The molecule has 0 bridgehead atoms. The van der Waals surface area contributed by atoms with Crippen LogP contribution in [-0.4, -0.2) is 26.2 Å². The summed E-state index contributed by atoms with van der Waals surface area (Å²) in [5, 5.41) is 3.01. The summed E-state index contributed by atoms with van der Waals surface area (Å²) in [4.78, 5) is 10.8. The van der Waals surface area contributed by atoms with Gasteiger partial charge in [0.25, 0.3) is 0 Å². The van der Waals surface area contributed by atoms with Gasteiger partial charge in [-0.1, -0.05) is 28.1 Å². The first-order chi connectivity index (χ1) is 7.22. The first-order valence-corrected chi connectivity index (χ1v) is 5.53. The van der Waals surface area contributed by atoms with E-state index in [-0.39, 0.29) is 12.5 Å². The van der Waals surface area contributed by atoms with E-state index in [1.54, 1.807) is 0 Å². The third kappa shape index (κ3) is 4.95. The molecule has 0 amide bonds. The van der Waals surface area contributed by atoms with Gasteiger partial charge in [-0.05, 0) is 30.7 Å². The second-order valence-corrected chi connectivity index (χ2v) is 4.05. The van der Waals surface area contributed by atoms with Crippen molar-refractivity contribution in [2.45, 2.75) is 6.42 Å². The number of methoxy groups -OCH3 is 1. The molecular weight excluding hydrogens is 258 g/mol. The molecule has 0 saturated carbocycles. The average molecular weight is 272 g/mol. The summed E-state index contributed by atoms with van der Waals surface area (Å²) in [5.74, 6) is -0.232. The smallest absolute Gasteiger partial charge is 0.319 e. The maximum Gasteiger partial charge on any atom is 0.319 e. The van der Waals surface area contributed by atoms with Gasteiger partial charge in [-0.2, -0.15) is 0 Å². The molecule has 0 heterocycles. The first-order valence-electron chi connectivity index (χ1n) is 4.74. The second-order valence-electron chi connectivity index (χ2n) is 3.13. The van der Waals surface area contributed by atoms with Gasteiger partial charge in [-0.25, -0.2) is 0 Å². The van der Waals surface area contributed by atoms with Crippen molar-refractivity contribution < 1.29 is 9.53 Å². The van der Waals surface area contributed by atoms with Crippen molar-refractivity contribution >= 4 is 21.9 Å². The van der Waals surface area contributed by atoms with Crippen molar-refractivity contribution in [2.75, 3.05) is 20.2 Å². The van der Waals surface area contributed by atoms with Gasteiger partial charge in [0.1, 0.15) is 0 Å². The molecular formula is C11H14BrNO2. The highest BCUT2D eigenvalue weighted by Crippen LogP contribution is 2.11. The number of hydrogen-bond donors (Lipinski definition) is 1. The summed E-state index contributed by atoms with van der Waals surface area (Å²) >= 11 is 3.41. The zero-order chi connectivity index (χ0) is 11.1. The Morgan fingerprint density at radius 2 is 2.33 bits per heavy atom. The van der Waals surface area contributed by atoms with Gasteiger partial charge in [0.05, 0.1) is 13.7 Å². The van der Waals surface area contributed by atoms with Crippen LogP contribution in [0.25, 0.3) is 0 Å². The predicted octanol–water partition coefficient (Wildman–Crippen LogP) is 1.75. The number of carbonyl (C=O) groups excluding carboxylic acids is 1. The molecule has 15 heavy (non-hydrogen) atoms. The Balaban J connectivity index is 2.23. The summed E-state index contributed by atoms with van der Waals surface area (Å²) in [6.07, 6.45) is 0.899. The Labute approximate surface area is 97.9 Å². The first kappa shape index (κ1) is 12.2. The van der Waals surface area contributed by atoms with E-state index in [1.165, 1.54) is 12.7 Å². The minimum Gasteiger partial charge on any atom is -0.468 e. The summed E-state index contributed by atoms with van der Waals surface area (Å²) in [6.45, 7) is 1.04. The van der Waals surface area contributed by atoms with Crippen molar-refractivity contribution in [1.29, 1.82) is 0 Å². The minimum absolute atomic E-state index is 0.232. The van der Waals surface area contributed by atoms with E-state index in [1.807, 2.05) is 12.1 Å². The van der Waals surface area contributed by atoms with E-state index in [9.17, 15) is 4.79 Å². The highest BCUT2D eigenvalue weighted by Gasteiger charge is 1.98. The molecule has 0 aliphatic heterocycles. The van der Waals surface area contributed by atoms with E-state index in [0.29, 0.717) is 0 Å². The topological polar surface area (TPSA) is 38.3 Å². The maximum absolute atomic E-state index is 10.8. The number of hydrogen-bond acceptors (Lipinski definition) is 3. The SMILES string of the molecule is COC(=O)CNCCc1cccc(Br)c1. The van der Waals surface area contributed by atoms with Crippen LogP contribution in [0.2, 0.25) is 0 Å². The Morgan fingerprint density at radius 3 is 3.00 bits per heavy atom. The number of halogens is 1. The highest BCUT2D eigenvalue weighted by atomic mass is 79.9. The molecule has 1 rings (SSSR count). The number of benzene rings is 1. The van der Waals surface area contributed by atoms with Crippen LogP contribution in [0, 0.1) is 0 Å². The Kier molecular flexibility index (Phi) is 5.36. The number of ether oxygens (including phenoxy) is 1. The third-order valence-corrected chi connectivity index (χ3v) is 2.47. The van der Waals surface area contributed by atoms with Crippen LogP contribution >= 0.6 is 15.9 Å². The average Bonchev–Trinajstić information content (AvgIpc) is 2.24. The number of esters is 1. The maximum atomic E-state index is 10.8. The highest BCUT2D eigenvalue weighted by molar-refractivity contribution is 9.10. The van der Waals surface area contributed by atoms with Crippen molar-refractivity contribution in [2.24, 2.45) is 0 Å². The third-order valence-electron chi connectivity index (χ3n) is 1.98. The van der Waals surface area contributed by atoms with Crippen molar-refractivity contribution in [3.05, 3.63) is 34.3 Å². The molecule has 0 radical (unpaired) electrons. The van der Waals surface area contributed by atoms with Crippen molar-refractivity contribution in [3.63, 3.8) is 0 Å². The zero-order valence-corrected chi connectivity index (χ0v) is 10.2. The van der Waals surface area contributed by atoms with E-state index in [4.69, 9.17) is 0 Å². The fraction of sp³-hybridized carbons (Fsp3) is 0.364. The van der Waals surface area contributed by atoms with Crippen LogP contribution in [0.4, 0.5) is 0 Å². The van der Waals surface area contributed by atoms with E-state index < -0.39 is 0 Å². The summed E-state index contributed by atoms with van der Waals surface area (Å²) < 4.78 is 5.59. The molecule has 3 nitrogen and oxygen atoms in total. The fourth-order valence-electron chi connectivity index (χ4n) is 1.19. The second kappa shape index (κ2) is 6.58. The van der Waals surface area contributed by atoms with Crippen LogP contribution in [-0.2, 0) is 16.0 Å². The van der Waals surface area contributed by atoms with Crippen LogP contribution in [0.3, 0.4) is 0 Å². The molecule has 0 aromatic heterocycles. The number of rotatable bonds is 5. The molecule has 1 N–H and O–H groups in total. The molecule has 82 valence electrons. The molecule has 0 aliphatic rings. The molecule has 0 saturated heterocycles. The number of carbonyl (C=O) groups is 1. The molecule has 0 spiro atoms. The van der Waals surface area contributed by atoms with Gasteiger partial charge in [-0.3, -0.25) is 4.79 Å². The van der Waals surface area contributed by atoms with Gasteiger partial charge in [0, 0.05) is 4.47 Å². The summed E-state index contributed by atoms with van der Waals surface area (Å²) in [7, 11) is 1.39. The van der Waals surface area contributed by atoms with Crippen molar-refractivity contribution in [1.82, 2.24) is 5.32 Å². The van der Waals surface area contributed by atoms with E-state index in [2.05, 4.69) is 38.1 Å². The number of nitrogens with one attached hydrogen (secondary N) is 1. The molecule has 1 aromatic carbocycles. The van der Waals surface area contributed by atoms with Gasteiger partial charge in [0.15, 0.2) is 0 Å². The normalized spacial score (nSPS) is 10.0. The predicted molar refractivity (Wildman–Crippen MR) is 62.7 cm³/mol. The lowest BCUT2D eigenvalue weighted by Crippen LogP contribution is -2.25. The summed E-state index contributed by atoms with van der Waals surface area (Å²) in [5.41, 5.74) is 1.24. The van der Waals surface area contributed by atoms with Gasteiger partial charge in [-0.15, -0.1) is 0 Å². The fourth-order valence-corrected chi connectivity index (χ4v) is 1.63. The lowest BCUT2D eigenvalue weighted by atomic mass is 10.1. The van der Waals surface area contributed by atoms with Crippen LogP contribution < -0.4 is 5.32 Å². The quantitative estimate of drug-likeness (QED) is 0.655. The molecule has 4 heteroatoms. The minimum atomic E-state index is -0.232. The van der Waals surface area contributed by atoms with E-state index >= 15 is 0 Å². The lowest BCUT2D eigenvalue weighted by Gasteiger charge is -2.03. The Morgan fingerprint density at radius 1 is 1.53 bits per heavy atom. The van der Waals surface area contributed by atoms with Crippen LogP contribution in [0.1, 0.15) is 5.56 Å². The summed E-state index contributed by atoms with van der Waals surface area (Å²) in [6, 6.07) is 8.12. The largest absolute Gasteiger partial charge is 0.468 e. The van der Waals surface area contributed by atoms with Gasteiger partial charge >= 0.3 is 5.97 Å². The monoisotopic (exact) mass is 271 g/mol. The van der Waals surface area contributed by atoms with Gasteiger partial charge < -0.3 is 10.1 Å². The molecule has 0 fully saturated rings. The van der Waals surface area contributed by atoms with Gasteiger partial charge in [0.2, 0.25) is 0 Å².